The summed E-state index contributed by atoms with van der Waals surface area (Å²) in [5, 5.41) is 11.8. The molecule has 0 aliphatic rings. The molecule has 0 radical (unpaired) electrons. The number of nitrogens with one attached hydrogen (secondary N) is 1. The van der Waals surface area contributed by atoms with Crippen LogP contribution in [-0.4, -0.2) is 36.1 Å². The zero-order valence-corrected chi connectivity index (χ0v) is 11.8. The Balaban J connectivity index is 3.15. The van der Waals surface area contributed by atoms with Gasteiger partial charge in [-0.3, -0.25) is 4.79 Å². The maximum Gasteiger partial charge on any atom is 0.338 e. The smallest absolute Gasteiger partial charge is 0.338 e. The van der Waals surface area contributed by atoms with Gasteiger partial charge in [-0.1, -0.05) is 20.8 Å². The van der Waals surface area contributed by atoms with Gasteiger partial charge in [0, 0.05) is 19.5 Å². The van der Waals surface area contributed by atoms with Gasteiger partial charge in [0.2, 0.25) is 5.91 Å². The van der Waals surface area contributed by atoms with Gasteiger partial charge in [-0.25, -0.2) is 9.78 Å². The predicted molar refractivity (Wildman–Crippen MR) is 73.6 cm³/mol. The topological polar surface area (TPSA) is 82.5 Å². The summed E-state index contributed by atoms with van der Waals surface area (Å²) < 4.78 is 0. The average Bonchev–Trinajstić information content (AvgIpc) is 2.27. The van der Waals surface area contributed by atoms with Gasteiger partial charge in [-0.2, -0.15) is 0 Å². The Morgan fingerprint density at radius 2 is 1.89 bits per heavy atom. The van der Waals surface area contributed by atoms with E-state index in [2.05, 4.69) is 10.3 Å². The van der Waals surface area contributed by atoms with Crippen molar-refractivity contribution in [1.82, 2.24) is 4.98 Å². The van der Waals surface area contributed by atoms with Crippen LogP contribution in [0.25, 0.3) is 0 Å². The number of anilines is 2. The standard InChI is InChI=1S/C13H19N3O3/c1-13(2,3)12(19)15-9-7-14-10(16(4)5)6-8(9)11(17)18/h6-7H,1-5H3,(H,15,19)(H,17,18). The van der Waals surface area contributed by atoms with E-state index in [-0.39, 0.29) is 17.2 Å². The molecule has 1 heterocycles. The van der Waals surface area contributed by atoms with Crippen LogP contribution in [0.5, 0.6) is 0 Å². The molecule has 6 nitrogen and oxygen atoms in total. The molecule has 0 saturated carbocycles. The third kappa shape index (κ3) is 3.67. The van der Waals surface area contributed by atoms with Crippen LogP contribution in [0.3, 0.4) is 0 Å². The number of aromatic carboxylic acids is 1. The molecule has 1 amide bonds. The molecule has 0 aliphatic heterocycles. The summed E-state index contributed by atoms with van der Waals surface area (Å²) in [4.78, 5) is 28.9. The SMILES string of the molecule is CN(C)c1cc(C(=O)O)c(NC(=O)C(C)(C)C)cn1. The van der Waals surface area contributed by atoms with Crippen molar-refractivity contribution < 1.29 is 14.7 Å². The second-order valence-corrected chi connectivity index (χ2v) is 5.49. The second-order valence-electron chi connectivity index (χ2n) is 5.49. The van der Waals surface area contributed by atoms with Crippen LogP contribution in [0.1, 0.15) is 31.1 Å². The molecular formula is C13H19N3O3. The molecule has 0 fully saturated rings. The predicted octanol–water partition coefficient (Wildman–Crippen LogP) is 1.83. The molecule has 1 aromatic heterocycles. The number of amides is 1. The van der Waals surface area contributed by atoms with Gasteiger partial charge < -0.3 is 15.3 Å². The number of aromatic nitrogens is 1. The fraction of sp³-hybridized carbons (Fsp3) is 0.462. The average molecular weight is 265 g/mol. The van der Waals surface area contributed by atoms with Crippen molar-refractivity contribution in [3.8, 4) is 0 Å². The van der Waals surface area contributed by atoms with Crippen molar-refractivity contribution in [2.45, 2.75) is 20.8 Å². The second kappa shape index (κ2) is 5.26. The Kier molecular flexibility index (Phi) is 4.14. The Morgan fingerprint density at radius 3 is 2.32 bits per heavy atom. The number of hydrogen-bond donors (Lipinski definition) is 2. The number of carbonyl (C=O) groups is 2. The van der Waals surface area contributed by atoms with Crippen LogP contribution >= 0.6 is 0 Å². The summed E-state index contributed by atoms with van der Waals surface area (Å²) in [6, 6.07) is 1.43. The summed E-state index contributed by atoms with van der Waals surface area (Å²) in [5.74, 6) is -0.838. The Labute approximate surface area is 112 Å². The van der Waals surface area contributed by atoms with Crippen LogP contribution in [0.4, 0.5) is 11.5 Å². The summed E-state index contributed by atoms with van der Waals surface area (Å²) in [7, 11) is 3.53. The quantitative estimate of drug-likeness (QED) is 0.871. The van der Waals surface area contributed by atoms with E-state index in [1.807, 2.05) is 0 Å². The van der Waals surface area contributed by atoms with Gasteiger partial charge >= 0.3 is 5.97 Å². The highest BCUT2D eigenvalue weighted by atomic mass is 16.4. The van der Waals surface area contributed by atoms with E-state index in [9.17, 15) is 14.7 Å². The Morgan fingerprint density at radius 1 is 1.32 bits per heavy atom. The number of carboxylic acids is 1. The molecule has 0 atom stereocenters. The lowest BCUT2D eigenvalue weighted by Gasteiger charge is -2.19. The van der Waals surface area contributed by atoms with Crippen molar-refractivity contribution in [2.24, 2.45) is 5.41 Å². The minimum atomic E-state index is -1.10. The van der Waals surface area contributed by atoms with Crippen molar-refractivity contribution >= 4 is 23.4 Å². The van der Waals surface area contributed by atoms with Crippen molar-refractivity contribution in [3.05, 3.63) is 17.8 Å². The monoisotopic (exact) mass is 265 g/mol. The fourth-order valence-electron chi connectivity index (χ4n) is 1.28. The highest BCUT2D eigenvalue weighted by molar-refractivity contribution is 6.02. The molecule has 1 rings (SSSR count). The number of nitrogens with zero attached hydrogens (tertiary/aromatic N) is 2. The summed E-state index contributed by atoms with van der Waals surface area (Å²) >= 11 is 0. The molecule has 2 N–H and O–H groups in total. The normalized spacial score (nSPS) is 11.0. The number of pyridine rings is 1. The summed E-state index contributed by atoms with van der Waals surface area (Å²) in [6.07, 6.45) is 1.36. The maximum atomic E-state index is 11.9. The third-order valence-electron chi connectivity index (χ3n) is 2.51. The van der Waals surface area contributed by atoms with Gasteiger partial charge in [-0.15, -0.1) is 0 Å². The van der Waals surface area contributed by atoms with Crippen LogP contribution in [0, 0.1) is 5.41 Å². The first kappa shape index (κ1) is 14.9. The van der Waals surface area contributed by atoms with Crippen LogP contribution in [0.2, 0.25) is 0 Å². The number of hydrogen-bond acceptors (Lipinski definition) is 4. The van der Waals surface area contributed by atoms with Gasteiger partial charge in [0.05, 0.1) is 17.4 Å². The molecule has 6 heteroatoms. The highest BCUT2D eigenvalue weighted by Crippen LogP contribution is 2.22. The molecular weight excluding hydrogens is 246 g/mol. The van der Waals surface area contributed by atoms with Crippen LogP contribution < -0.4 is 10.2 Å². The minimum Gasteiger partial charge on any atom is -0.478 e. The van der Waals surface area contributed by atoms with Crippen molar-refractivity contribution in [1.29, 1.82) is 0 Å². The molecule has 0 spiro atoms. The largest absolute Gasteiger partial charge is 0.478 e. The first-order valence-corrected chi connectivity index (χ1v) is 5.85. The minimum absolute atomic E-state index is 0.0244. The van der Waals surface area contributed by atoms with E-state index in [1.54, 1.807) is 39.8 Å². The zero-order chi connectivity index (χ0) is 14.8. The molecule has 104 valence electrons. The van der Waals surface area contributed by atoms with E-state index < -0.39 is 11.4 Å². The fourth-order valence-corrected chi connectivity index (χ4v) is 1.28. The number of rotatable bonds is 3. The molecule has 0 aromatic carbocycles. The summed E-state index contributed by atoms with van der Waals surface area (Å²) in [6.45, 7) is 5.26. The van der Waals surface area contributed by atoms with E-state index in [0.29, 0.717) is 5.82 Å². The van der Waals surface area contributed by atoms with Gasteiger partial charge in [0.15, 0.2) is 0 Å². The highest BCUT2D eigenvalue weighted by Gasteiger charge is 2.23. The zero-order valence-electron chi connectivity index (χ0n) is 11.8. The van der Waals surface area contributed by atoms with Gasteiger partial charge in [0.1, 0.15) is 5.82 Å². The van der Waals surface area contributed by atoms with Crippen LogP contribution in [0.15, 0.2) is 12.3 Å². The molecule has 1 aromatic rings. The molecule has 0 saturated heterocycles. The third-order valence-corrected chi connectivity index (χ3v) is 2.51. The first-order chi connectivity index (χ1) is 8.62. The molecule has 0 bridgehead atoms. The van der Waals surface area contributed by atoms with Crippen molar-refractivity contribution in [3.63, 3.8) is 0 Å². The van der Waals surface area contributed by atoms with Crippen LogP contribution in [-0.2, 0) is 4.79 Å². The van der Waals surface area contributed by atoms with E-state index >= 15 is 0 Å². The molecule has 19 heavy (non-hydrogen) atoms. The first-order valence-electron chi connectivity index (χ1n) is 5.85. The Hall–Kier alpha value is -2.11. The maximum absolute atomic E-state index is 11.9. The molecule has 0 aliphatic carbocycles. The van der Waals surface area contributed by atoms with E-state index in [1.165, 1.54) is 12.3 Å². The van der Waals surface area contributed by atoms with Gasteiger partial charge in [0.25, 0.3) is 0 Å². The van der Waals surface area contributed by atoms with Crippen molar-refractivity contribution in [2.75, 3.05) is 24.3 Å². The lowest BCUT2D eigenvalue weighted by Crippen LogP contribution is -2.28. The number of carboxylic acid groups (broad SMARTS) is 1. The Bertz CT molecular complexity index is 504. The van der Waals surface area contributed by atoms with E-state index in [0.717, 1.165) is 0 Å². The lowest BCUT2D eigenvalue weighted by atomic mass is 9.95. The van der Waals surface area contributed by atoms with E-state index in [4.69, 9.17) is 0 Å². The number of carbonyl (C=O) groups excluding carboxylic acids is 1. The lowest BCUT2D eigenvalue weighted by molar-refractivity contribution is -0.123. The van der Waals surface area contributed by atoms with Gasteiger partial charge in [-0.05, 0) is 6.07 Å². The molecule has 0 unspecified atom stereocenters. The summed E-state index contributed by atoms with van der Waals surface area (Å²) in [5.41, 5.74) is -0.370.